The lowest BCUT2D eigenvalue weighted by molar-refractivity contribution is -0.137. The van der Waals surface area contributed by atoms with Gasteiger partial charge in [0.15, 0.2) is 0 Å². The maximum atomic E-state index is 12.5. The fourth-order valence-electron chi connectivity index (χ4n) is 1.42. The van der Waals surface area contributed by atoms with Crippen LogP contribution >= 0.6 is 0 Å². The van der Waals surface area contributed by atoms with Crippen molar-refractivity contribution in [3.63, 3.8) is 0 Å². The Kier molecular flexibility index (Phi) is 2.69. The van der Waals surface area contributed by atoms with Crippen molar-refractivity contribution in [2.24, 2.45) is 0 Å². The third-order valence-electron chi connectivity index (χ3n) is 2.47. The van der Waals surface area contributed by atoms with Gasteiger partial charge < -0.3 is 4.42 Å². The maximum absolute atomic E-state index is 12.5. The molecule has 0 saturated carbocycles. The second-order valence-electron chi connectivity index (χ2n) is 3.74. The number of aryl methyl sites for hydroxylation is 2. The minimum absolute atomic E-state index is 0.214. The first-order valence-corrected chi connectivity index (χ1v) is 4.99. The number of oxazole rings is 1. The summed E-state index contributed by atoms with van der Waals surface area (Å²) < 4.78 is 42.8. The highest BCUT2D eigenvalue weighted by molar-refractivity contribution is 5.55. The Morgan fingerprint density at radius 1 is 1.18 bits per heavy atom. The molecular formula is C12H10F3NO. The van der Waals surface area contributed by atoms with Crippen LogP contribution in [0.1, 0.15) is 17.0 Å². The topological polar surface area (TPSA) is 26.0 Å². The van der Waals surface area contributed by atoms with E-state index >= 15 is 0 Å². The molecule has 0 N–H and O–H groups in total. The first kappa shape index (κ1) is 11.7. The van der Waals surface area contributed by atoms with Crippen LogP contribution in [0.2, 0.25) is 0 Å². The summed E-state index contributed by atoms with van der Waals surface area (Å²) in [5, 5.41) is 0. The predicted molar refractivity (Wildman–Crippen MR) is 56.4 cm³/mol. The molecule has 0 aliphatic heterocycles. The van der Waals surface area contributed by atoms with Gasteiger partial charge in [0.2, 0.25) is 5.89 Å². The lowest BCUT2D eigenvalue weighted by Gasteiger charge is -2.06. The number of alkyl halides is 3. The quantitative estimate of drug-likeness (QED) is 0.754. The lowest BCUT2D eigenvalue weighted by Crippen LogP contribution is -2.04. The molecule has 1 aromatic carbocycles. The van der Waals surface area contributed by atoms with Gasteiger partial charge in [-0.05, 0) is 32.0 Å². The van der Waals surface area contributed by atoms with Crippen LogP contribution in [0.3, 0.4) is 0 Å². The fraction of sp³-hybridized carbons (Fsp3) is 0.250. The van der Waals surface area contributed by atoms with Gasteiger partial charge in [-0.3, -0.25) is 0 Å². The monoisotopic (exact) mass is 241 g/mol. The van der Waals surface area contributed by atoms with Crippen LogP contribution in [0.15, 0.2) is 28.7 Å². The highest BCUT2D eigenvalue weighted by Crippen LogP contribution is 2.32. The SMILES string of the molecule is Cc1nc(-c2cccc(C(F)(F)F)c2)oc1C. The van der Waals surface area contributed by atoms with Crippen LogP contribution in [0.4, 0.5) is 13.2 Å². The predicted octanol–water partition coefficient (Wildman–Crippen LogP) is 3.98. The molecule has 17 heavy (non-hydrogen) atoms. The molecule has 0 saturated heterocycles. The van der Waals surface area contributed by atoms with Crippen LogP contribution in [0, 0.1) is 13.8 Å². The Balaban J connectivity index is 2.47. The van der Waals surface area contributed by atoms with E-state index in [4.69, 9.17) is 4.42 Å². The zero-order valence-corrected chi connectivity index (χ0v) is 9.30. The number of benzene rings is 1. The molecule has 0 aliphatic rings. The molecule has 0 fully saturated rings. The highest BCUT2D eigenvalue weighted by Gasteiger charge is 2.30. The lowest BCUT2D eigenvalue weighted by atomic mass is 10.1. The van der Waals surface area contributed by atoms with E-state index in [-0.39, 0.29) is 5.89 Å². The molecular weight excluding hydrogens is 231 g/mol. The molecule has 0 radical (unpaired) electrons. The van der Waals surface area contributed by atoms with Gasteiger partial charge in [0.1, 0.15) is 5.76 Å². The Bertz CT molecular complexity index is 523. The van der Waals surface area contributed by atoms with Crippen molar-refractivity contribution in [3.05, 3.63) is 41.3 Å². The van der Waals surface area contributed by atoms with Crippen molar-refractivity contribution in [1.82, 2.24) is 4.98 Å². The van der Waals surface area contributed by atoms with Crippen LogP contribution in [0.25, 0.3) is 11.5 Å². The molecule has 2 aromatic rings. The fourth-order valence-corrected chi connectivity index (χ4v) is 1.42. The summed E-state index contributed by atoms with van der Waals surface area (Å²) in [5.74, 6) is 0.823. The van der Waals surface area contributed by atoms with Crippen LogP contribution < -0.4 is 0 Å². The zero-order valence-electron chi connectivity index (χ0n) is 9.30. The summed E-state index contributed by atoms with van der Waals surface area (Å²) in [6.45, 7) is 3.47. The maximum Gasteiger partial charge on any atom is 0.416 e. The second kappa shape index (κ2) is 3.91. The Hall–Kier alpha value is -1.78. The molecule has 2 rings (SSSR count). The number of aromatic nitrogens is 1. The number of halogens is 3. The summed E-state index contributed by atoms with van der Waals surface area (Å²) in [6, 6.07) is 4.93. The molecule has 90 valence electrons. The van der Waals surface area contributed by atoms with Crippen molar-refractivity contribution >= 4 is 0 Å². The zero-order chi connectivity index (χ0) is 12.6. The Morgan fingerprint density at radius 3 is 2.41 bits per heavy atom. The third-order valence-corrected chi connectivity index (χ3v) is 2.47. The summed E-state index contributed by atoms with van der Waals surface area (Å²) in [4.78, 5) is 4.07. The number of nitrogens with zero attached hydrogens (tertiary/aromatic N) is 1. The summed E-state index contributed by atoms with van der Waals surface area (Å²) >= 11 is 0. The minimum Gasteiger partial charge on any atom is -0.441 e. The van der Waals surface area contributed by atoms with Crippen LogP contribution in [0.5, 0.6) is 0 Å². The van der Waals surface area contributed by atoms with Crippen molar-refractivity contribution in [1.29, 1.82) is 0 Å². The minimum atomic E-state index is -4.35. The number of hydrogen-bond acceptors (Lipinski definition) is 2. The first-order chi connectivity index (χ1) is 7.88. The van der Waals surface area contributed by atoms with E-state index < -0.39 is 11.7 Å². The molecule has 5 heteroatoms. The van der Waals surface area contributed by atoms with Gasteiger partial charge in [-0.2, -0.15) is 13.2 Å². The molecule has 0 spiro atoms. The van der Waals surface area contributed by atoms with Gasteiger partial charge in [0.25, 0.3) is 0 Å². The molecule has 0 atom stereocenters. The summed E-state index contributed by atoms with van der Waals surface area (Å²) in [7, 11) is 0. The van der Waals surface area contributed by atoms with Gasteiger partial charge >= 0.3 is 6.18 Å². The second-order valence-corrected chi connectivity index (χ2v) is 3.74. The summed E-state index contributed by atoms with van der Waals surface area (Å²) in [5.41, 5.74) is 0.303. The van der Waals surface area contributed by atoms with E-state index in [9.17, 15) is 13.2 Å². The molecule has 0 aliphatic carbocycles. The molecule has 0 amide bonds. The molecule has 1 heterocycles. The Labute approximate surface area is 96.1 Å². The van der Waals surface area contributed by atoms with E-state index in [0.29, 0.717) is 17.0 Å². The van der Waals surface area contributed by atoms with Crippen molar-refractivity contribution < 1.29 is 17.6 Å². The molecule has 1 aromatic heterocycles. The highest BCUT2D eigenvalue weighted by atomic mass is 19.4. The van der Waals surface area contributed by atoms with E-state index in [2.05, 4.69) is 4.98 Å². The van der Waals surface area contributed by atoms with Gasteiger partial charge in [0.05, 0.1) is 11.3 Å². The van der Waals surface area contributed by atoms with Gasteiger partial charge in [-0.25, -0.2) is 4.98 Å². The molecule has 2 nitrogen and oxygen atoms in total. The molecule has 0 unspecified atom stereocenters. The average Bonchev–Trinajstić information content (AvgIpc) is 2.58. The first-order valence-electron chi connectivity index (χ1n) is 4.99. The largest absolute Gasteiger partial charge is 0.441 e. The van der Waals surface area contributed by atoms with Crippen LogP contribution in [-0.2, 0) is 6.18 Å². The van der Waals surface area contributed by atoms with Gasteiger partial charge in [-0.15, -0.1) is 0 Å². The molecule has 0 bridgehead atoms. The van der Waals surface area contributed by atoms with Gasteiger partial charge in [0, 0.05) is 5.56 Å². The van der Waals surface area contributed by atoms with Crippen molar-refractivity contribution in [3.8, 4) is 11.5 Å². The van der Waals surface area contributed by atoms with E-state index in [0.717, 1.165) is 12.1 Å². The number of hydrogen-bond donors (Lipinski definition) is 0. The Morgan fingerprint density at radius 2 is 1.88 bits per heavy atom. The van der Waals surface area contributed by atoms with E-state index in [1.807, 2.05) is 0 Å². The smallest absolute Gasteiger partial charge is 0.416 e. The van der Waals surface area contributed by atoms with Gasteiger partial charge in [-0.1, -0.05) is 6.07 Å². The standard InChI is InChI=1S/C12H10F3NO/c1-7-8(2)17-11(16-7)9-4-3-5-10(6-9)12(13,14)15/h3-6H,1-2H3. The van der Waals surface area contributed by atoms with E-state index in [1.165, 1.54) is 6.07 Å². The van der Waals surface area contributed by atoms with E-state index in [1.54, 1.807) is 19.9 Å². The summed E-state index contributed by atoms with van der Waals surface area (Å²) in [6.07, 6.45) is -4.35. The van der Waals surface area contributed by atoms with Crippen LogP contribution in [-0.4, -0.2) is 4.98 Å². The normalized spacial score (nSPS) is 11.8. The van der Waals surface area contributed by atoms with Crippen molar-refractivity contribution in [2.75, 3.05) is 0 Å². The van der Waals surface area contributed by atoms with Crippen molar-refractivity contribution in [2.45, 2.75) is 20.0 Å². The number of rotatable bonds is 1. The third kappa shape index (κ3) is 2.33. The average molecular weight is 241 g/mol.